The van der Waals surface area contributed by atoms with Gasteiger partial charge >= 0.3 is 0 Å². The van der Waals surface area contributed by atoms with Gasteiger partial charge in [-0.25, -0.2) is 4.98 Å². The molecule has 1 aromatic heterocycles. The Hall–Kier alpha value is -1.36. The summed E-state index contributed by atoms with van der Waals surface area (Å²) < 4.78 is 2.25. The molecule has 1 unspecified atom stereocenters. The number of carbonyl (C=O) groups is 1. The molecule has 0 aliphatic carbocycles. The van der Waals surface area contributed by atoms with Crippen molar-refractivity contribution in [3.05, 3.63) is 18.2 Å². The quantitative estimate of drug-likeness (QED) is 0.858. The second-order valence-electron chi connectivity index (χ2n) is 6.20. The minimum atomic E-state index is 0.154. The zero-order valence-corrected chi connectivity index (χ0v) is 12.8. The standard InChI is InChI=1S/C15H26N4O/c1-12(2)8-19-11-17-7-14(19)10-18-5-4-13(9-18)6-15(20)16-3/h7,11-13H,4-6,8-10H2,1-3H3,(H,16,20). The molecule has 1 aromatic rings. The first-order chi connectivity index (χ1) is 9.58. The molecule has 5 heteroatoms. The summed E-state index contributed by atoms with van der Waals surface area (Å²) in [6, 6.07) is 0. The molecule has 112 valence electrons. The third-order valence-electron chi connectivity index (χ3n) is 3.87. The Labute approximate surface area is 121 Å². The van der Waals surface area contributed by atoms with Gasteiger partial charge in [0.1, 0.15) is 0 Å². The van der Waals surface area contributed by atoms with E-state index in [1.54, 1.807) is 7.05 Å². The van der Waals surface area contributed by atoms with Crippen molar-refractivity contribution in [1.82, 2.24) is 19.8 Å². The number of carbonyl (C=O) groups excluding carboxylic acids is 1. The highest BCUT2D eigenvalue weighted by atomic mass is 16.1. The molecule has 1 aliphatic heterocycles. The number of aromatic nitrogens is 2. The van der Waals surface area contributed by atoms with E-state index in [1.165, 1.54) is 5.69 Å². The molecular weight excluding hydrogens is 252 g/mol. The van der Waals surface area contributed by atoms with Crippen LogP contribution in [0.5, 0.6) is 0 Å². The van der Waals surface area contributed by atoms with Crippen molar-refractivity contribution < 1.29 is 4.79 Å². The fraction of sp³-hybridized carbons (Fsp3) is 0.733. The van der Waals surface area contributed by atoms with E-state index in [4.69, 9.17) is 0 Å². The van der Waals surface area contributed by atoms with Gasteiger partial charge in [0, 0.05) is 39.3 Å². The van der Waals surface area contributed by atoms with Crippen LogP contribution in [0.25, 0.3) is 0 Å². The second kappa shape index (κ2) is 6.88. The molecular formula is C15H26N4O. The van der Waals surface area contributed by atoms with Gasteiger partial charge in [0.05, 0.1) is 12.0 Å². The van der Waals surface area contributed by atoms with Gasteiger partial charge in [0.15, 0.2) is 0 Å². The van der Waals surface area contributed by atoms with Gasteiger partial charge in [-0.15, -0.1) is 0 Å². The van der Waals surface area contributed by atoms with Crippen LogP contribution < -0.4 is 5.32 Å². The smallest absolute Gasteiger partial charge is 0.220 e. The molecule has 1 aliphatic rings. The number of nitrogens with one attached hydrogen (secondary N) is 1. The average molecular weight is 278 g/mol. The molecule has 20 heavy (non-hydrogen) atoms. The summed E-state index contributed by atoms with van der Waals surface area (Å²) in [4.78, 5) is 18.1. The summed E-state index contributed by atoms with van der Waals surface area (Å²) in [6.45, 7) is 8.49. The highest BCUT2D eigenvalue weighted by molar-refractivity contribution is 5.75. The van der Waals surface area contributed by atoms with E-state index >= 15 is 0 Å². The Morgan fingerprint density at radius 3 is 3.05 bits per heavy atom. The minimum Gasteiger partial charge on any atom is -0.359 e. The van der Waals surface area contributed by atoms with E-state index in [2.05, 4.69) is 33.6 Å². The van der Waals surface area contributed by atoms with Crippen LogP contribution in [0.1, 0.15) is 32.4 Å². The number of hydrogen-bond donors (Lipinski definition) is 1. The summed E-state index contributed by atoms with van der Waals surface area (Å²) >= 11 is 0. The first-order valence-corrected chi connectivity index (χ1v) is 7.50. The van der Waals surface area contributed by atoms with E-state index in [9.17, 15) is 4.79 Å². The lowest BCUT2D eigenvalue weighted by Crippen LogP contribution is -2.25. The van der Waals surface area contributed by atoms with Crippen LogP contribution in [0.4, 0.5) is 0 Å². The van der Waals surface area contributed by atoms with E-state index in [1.807, 2.05) is 12.5 Å². The van der Waals surface area contributed by atoms with Crippen molar-refractivity contribution in [2.24, 2.45) is 11.8 Å². The Morgan fingerprint density at radius 2 is 2.35 bits per heavy atom. The summed E-state index contributed by atoms with van der Waals surface area (Å²) in [5.74, 6) is 1.28. The lowest BCUT2D eigenvalue weighted by Gasteiger charge is -2.18. The van der Waals surface area contributed by atoms with Crippen LogP contribution >= 0.6 is 0 Å². The molecule has 1 saturated heterocycles. The molecule has 2 heterocycles. The zero-order valence-electron chi connectivity index (χ0n) is 12.8. The molecule has 1 amide bonds. The summed E-state index contributed by atoms with van der Waals surface area (Å²) in [5.41, 5.74) is 1.28. The summed E-state index contributed by atoms with van der Waals surface area (Å²) in [6.07, 6.45) is 5.66. The van der Waals surface area contributed by atoms with Gasteiger partial charge in [-0.05, 0) is 24.8 Å². The largest absolute Gasteiger partial charge is 0.359 e. The molecule has 1 fully saturated rings. The van der Waals surface area contributed by atoms with Crippen LogP contribution in [0, 0.1) is 11.8 Å². The topological polar surface area (TPSA) is 50.2 Å². The number of amides is 1. The Morgan fingerprint density at radius 1 is 1.55 bits per heavy atom. The maximum absolute atomic E-state index is 11.4. The molecule has 5 nitrogen and oxygen atoms in total. The third kappa shape index (κ3) is 4.07. The van der Waals surface area contributed by atoms with E-state index in [-0.39, 0.29) is 5.91 Å². The number of likely N-dealkylation sites (tertiary alicyclic amines) is 1. The first-order valence-electron chi connectivity index (χ1n) is 7.50. The SMILES string of the molecule is CNC(=O)CC1CCN(Cc2cncn2CC(C)C)C1. The highest BCUT2D eigenvalue weighted by Gasteiger charge is 2.24. The van der Waals surface area contributed by atoms with Crippen LogP contribution in [0.15, 0.2) is 12.5 Å². The number of hydrogen-bond acceptors (Lipinski definition) is 3. The molecule has 0 spiro atoms. The molecule has 1 N–H and O–H groups in total. The van der Waals surface area contributed by atoms with Gasteiger partial charge in [0.2, 0.25) is 5.91 Å². The van der Waals surface area contributed by atoms with Crippen molar-refractivity contribution in [2.75, 3.05) is 20.1 Å². The van der Waals surface area contributed by atoms with Crippen LogP contribution in [0.3, 0.4) is 0 Å². The highest BCUT2D eigenvalue weighted by Crippen LogP contribution is 2.21. The predicted octanol–water partition coefficient (Wildman–Crippen LogP) is 1.50. The van der Waals surface area contributed by atoms with Crippen LogP contribution in [-0.2, 0) is 17.9 Å². The lowest BCUT2D eigenvalue weighted by atomic mass is 10.1. The summed E-state index contributed by atoms with van der Waals surface area (Å²) in [5, 5.41) is 2.71. The molecule has 0 radical (unpaired) electrons. The van der Waals surface area contributed by atoms with Gasteiger partial charge in [-0.1, -0.05) is 13.8 Å². The average Bonchev–Trinajstić information content (AvgIpc) is 3.00. The van der Waals surface area contributed by atoms with Crippen LogP contribution in [-0.4, -0.2) is 40.5 Å². The van der Waals surface area contributed by atoms with Gasteiger partial charge in [-0.2, -0.15) is 0 Å². The monoisotopic (exact) mass is 278 g/mol. The Kier molecular flexibility index (Phi) is 5.17. The maximum Gasteiger partial charge on any atom is 0.220 e. The molecule has 1 atom stereocenters. The fourth-order valence-electron chi connectivity index (χ4n) is 2.85. The van der Waals surface area contributed by atoms with Crippen molar-refractivity contribution in [2.45, 2.75) is 39.8 Å². The Bertz CT molecular complexity index is 441. The number of nitrogens with zero attached hydrogens (tertiary/aromatic N) is 3. The van der Waals surface area contributed by atoms with Gasteiger partial charge in [-0.3, -0.25) is 9.69 Å². The van der Waals surface area contributed by atoms with Crippen molar-refractivity contribution in [3.63, 3.8) is 0 Å². The van der Waals surface area contributed by atoms with Gasteiger partial charge < -0.3 is 9.88 Å². The molecule has 0 bridgehead atoms. The first kappa shape index (κ1) is 15.0. The zero-order chi connectivity index (χ0) is 14.5. The van der Waals surface area contributed by atoms with E-state index < -0.39 is 0 Å². The molecule has 2 rings (SSSR count). The lowest BCUT2D eigenvalue weighted by molar-refractivity contribution is -0.121. The summed E-state index contributed by atoms with van der Waals surface area (Å²) in [7, 11) is 1.71. The normalized spacial score (nSPS) is 19.7. The van der Waals surface area contributed by atoms with Crippen molar-refractivity contribution >= 4 is 5.91 Å². The maximum atomic E-state index is 11.4. The van der Waals surface area contributed by atoms with Gasteiger partial charge in [0.25, 0.3) is 0 Å². The van der Waals surface area contributed by atoms with Crippen LogP contribution in [0.2, 0.25) is 0 Å². The fourth-order valence-corrected chi connectivity index (χ4v) is 2.85. The van der Waals surface area contributed by atoms with E-state index in [0.717, 1.165) is 32.6 Å². The predicted molar refractivity (Wildman–Crippen MR) is 79.1 cm³/mol. The third-order valence-corrected chi connectivity index (χ3v) is 3.87. The van der Waals surface area contributed by atoms with Crippen molar-refractivity contribution in [3.8, 4) is 0 Å². The second-order valence-corrected chi connectivity index (χ2v) is 6.20. The number of rotatable bonds is 6. The Balaban J connectivity index is 1.86. The molecule has 0 aromatic carbocycles. The van der Waals surface area contributed by atoms with Crippen molar-refractivity contribution in [1.29, 1.82) is 0 Å². The van der Waals surface area contributed by atoms with E-state index in [0.29, 0.717) is 18.3 Å². The minimum absolute atomic E-state index is 0.154. The molecule has 0 saturated carbocycles. The number of imidazole rings is 1.